The molecule has 1 saturated heterocycles. The van der Waals surface area contributed by atoms with E-state index in [4.69, 9.17) is 38.4 Å². The van der Waals surface area contributed by atoms with Crippen LogP contribution in [0.4, 0.5) is 0 Å². The molecule has 154 valence electrons. The number of ether oxygens (including phenoxy) is 2. The molecule has 2 atom stereocenters. The van der Waals surface area contributed by atoms with Gasteiger partial charge in [-0.15, -0.1) is 0 Å². The van der Waals surface area contributed by atoms with Crippen molar-refractivity contribution in [3.8, 4) is 0 Å². The molecule has 0 spiro atoms. The number of halogens is 2. The first kappa shape index (κ1) is 21.5. The summed E-state index contributed by atoms with van der Waals surface area (Å²) in [6, 6.07) is 4.69. The minimum atomic E-state index is -0.983. The van der Waals surface area contributed by atoms with Crippen LogP contribution in [0.25, 0.3) is 0 Å². The molecule has 0 saturated carbocycles. The van der Waals surface area contributed by atoms with Crippen LogP contribution in [0.1, 0.15) is 25.3 Å². The minimum Gasteiger partial charge on any atom is -0.466 e. The lowest BCUT2D eigenvalue weighted by Gasteiger charge is -2.33. The van der Waals surface area contributed by atoms with Crippen molar-refractivity contribution in [1.82, 2.24) is 4.90 Å². The van der Waals surface area contributed by atoms with E-state index in [1.165, 1.54) is 29.8 Å². The summed E-state index contributed by atoms with van der Waals surface area (Å²) in [5, 5.41) is 0.445. The third-order valence-electron chi connectivity index (χ3n) is 4.56. The lowest BCUT2D eigenvalue weighted by molar-refractivity contribution is -0.139. The first-order chi connectivity index (χ1) is 13.7. The monoisotopic (exact) mass is 456 g/mol. The van der Waals surface area contributed by atoms with E-state index in [1.54, 1.807) is 26.0 Å². The maximum atomic E-state index is 13.0. The van der Waals surface area contributed by atoms with Gasteiger partial charge in [0.1, 0.15) is 5.82 Å². The Balaban J connectivity index is 2.35. The maximum Gasteiger partial charge on any atom is 0.338 e. The number of thioether (sulfide) groups is 1. The lowest BCUT2D eigenvalue weighted by Crippen LogP contribution is -2.40. The zero-order valence-corrected chi connectivity index (χ0v) is 18.2. The highest BCUT2D eigenvalue weighted by molar-refractivity contribution is 8.04. The Bertz CT molecular complexity index is 975. The molecule has 1 aromatic carbocycles. The van der Waals surface area contributed by atoms with Crippen LogP contribution >= 0.6 is 35.0 Å². The topological polar surface area (TPSA) is 98.9 Å². The van der Waals surface area contributed by atoms with Crippen molar-refractivity contribution in [2.45, 2.75) is 25.0 Å². The maximum absolute atomic E-state index is 13.0. The van der Waals surface area contributed by atoms with Crippen LogP contribution in [0.3, 0.4) is 0 Å². The molecule has 1 amide bonds. The molecule has 0 aromatic heterocycles. The van der Waals surface area contributed by atoms with Crippen LogP contribution in [0.5, 0.6) is 0 Å². The van der Waals surface area contributed by atoms with Crippen LogP contribution in [0.2, 0.25) is 10.0 Å². The zero-order chi connectivity index (χ0) is 21.5. The number of hydrogen-bond donors (Lipinski definition) is 1. The van der Waals surface area contributed by atoms with Gasteiger partial charge in [0.15, 0.2) is 0 Å². The quantitative estimate of drug-likeness (QED) is 0.694. The molecule has 2 aliphatic rings. The fraction of sp³-hybridized carbons (Fsp3) is 0.316. The summed E-state index contributed by atoms with van der Waals surface area (Å²) in [6.07, 6.45) is 0. The summed E-state index contributed by atoms with van der Waals surface area (Å²) in [5.41, 5.74) is 6.71. The number of carbonyl (C=O) groups excluding carboxylic acids is 3. The Hall–Kier alpha value is -2.16. The Labute approximate surface area is 181 Å². The highest BCUT2D eigenvalue weighted by Crippen LogP contribution is 2.50. The summed E-state index contributed by atoms with van der Waals surface area (Å²) in [5.74, 6) is -2.88. The normalized spacial score (nSPS) is 21.4. The van der Waals surface area contributed by atoms with Gasteiger partial charge in [-0.3, -0.25) is 9.69 Å². The Kier molecular flexibility index (Phi) is 6.16. The Morgan fingerprint density at radius 2 is 1.93 bits per heavy atom. The third kappa shape index (κ3) is 3.60. The lowest BCUT2D eigenvalue weighted by atomic mass is 9.82. The van der Waals surface area contributed by atoms with Crippen LogP contribution < -0.4 is 5.73 Å². The fourth-order valence-electron chi connectivity index (χ4n) is 3.29. The van der Waals surface area contributed by atoms with Gasteiger partial charge in [-0.05, 0) is 31.5 Å². The van der Waals surface area contributed by atoms with Crippen molar-refractivity contribution in [1.29, 1.82) is 0 Å². The number of hydrogen-bond acceptors (Lipinski definition) is 7. The van der Waals surface area contributed by atoms with Crippen molar-refractivity contribution in [3.05, 3.63) is 55.8 Å². The van der Waals surface area contributed by atoms with Crippen molar-refractivity contribution in [2.75, 3.05) is 13.7 Å². The number of nitrogens with two attached hydrogens (primary N) is 1. The largest absolute Gasteiger partial charge is 0.466 e. The summed E-state index contributed by atoms with van der Waals surface area (Å²) in [4.78, 5) is 39.5. The van der Waals surface area contributed by atoms with E-state index in [-0.39, 0.29) is 34.5 Å². The summed E-state index contributed by atoms with van der Waals surface area (Å²) < 4.78 is 10.1. The average Bonchev–Trinajstić information content (AvgIpc) is 2.96. The van der Waals surface area contributed by atoms with E-state index in [0.717, 1.165) is 0 Å². The van der Waals surface area contributed by atoms with Gasteiger partial charge in [0.25, 0.3) is 0 Å². The van der Waals surface area contributed by atoms with E-state index in [2.05, 4.69) is 0 Å². The first-order valence-electron chi connectivity index (χ1n) is 8.67. The summed E-state index contributed by atoms with van der Waals surface area (Å²) in [7, 11) is 1.19. The standard InChI is InChI=1S/C19H18Cl2N2O5S/c1-4-28-19(26)14-12(10-6-5-9(20)7-11(10)21)13(18(25)27-3)15(22)23-16(24)8(2)29-17(14)23/h5-8,12H,4,22H2,1-3H3/t8-,12-/m0/s1. The Morgan fingerprint density at radius 3 is 2.52 bits per heavy atom. The second-order valence-corrected chi connectivity index (χ2v) is 8.44. The predicted molar refractivity (Wildman–Crippen MR) is 110 cm³/mol. The van der Waals surface area contributed by atoms with E-state index in [9.17, 15) is 14.4 Å². The van der Waals surface area contributed by atoms with Crippen LogP contribution in [0.15, 0.2) is 40.2 Å². The highest BCUT2D eigenvalue weighted by Gasteiger charge is 2.49. The van der Waals surface area contributed by atoms with Gasteiger partial charge < -0.3 is 15.2 Å². The van der Waals surface area contributed by atoms with Gasteiger partial charge in [0.05, 0.1) is 41.1 Å². The van der Waals surface area contributed by atoms with E-state index < -0.39 is 23.1 Å². The summed E-state index contributed by atoms with van der Waals surface area (Å²) >= 11 is 13.6. The van der Waals surface area contributed by atoms with Gasteiger partial charge in [-0.25, -0.2) is 9.59 Å². The molecule has 2 N–H and O–H groups in total. The number of benzene rings is 1. The molecule has 29 heavy (non-hydrogen) atoms. The smallest absolute Gasteiger partial charge is 0.338 e. The SMILES string of the molecule is CCOC(=O)C1=C2S[C@@H](C)C(=O)N2C(N)=C(C(=O)OC)[C@@H]1c1ccc(Cl)cc1Cl. The third-order valence-corrected chi connectivity index (χ3v) is 6.30. The molecule has 2 aliphatic heterocycles. The van der Waals surface area contributed by atoms with Crippen LogP contribution in [-0.2, 0) is 23.9 Å². The molecule has 0 aliphatic carbocycles. The highest BCUT2D eigenvalue weighted by atomic mass is 35.5. The van der Waals surface area contributed by atoms with Gasteiger partial charge in [-0.1, -0.05) is 41.0 Å². The fourth-order valence-corrected chi connectivity index (χ4v) is 4.97. The van der Waals surface area contributed by atoms with Gasteiger partial charge >= 0.3 is 11.9 Å². The van der Waals surface area contributed by atoms with Crippen molar-refractivity contribution in [3.63, 3.8) is 0 Å². The van der Waals surface area contributed by atoms with Crippen molar-refractivity contribution >= 4 is 52.8 Å². The molecule has 0 bridgehead atoms. The van der Waals surface area contributed by atoms with E-state index >= 15 is 0 Å². The molecule has 1 fully saturated rings. The predicted octanol–water partition coefficient (Wildman–Crippen LogP) is 3.17. The number of amides is 1. The zero-order valence-electron chi connectivity index (χ0n) is 15.8. The average molecular weight is 457 g/mol. The molecule has 10 heteroatoms. The van der Waals surface area contributed by atoms with Crippen molar-refractivity contribution in [2.24, 2.45) is 5.73 Å². The van der Waals surface area contributed by atoms with Crippen molar-refractivity contribution < 1.29 is 23.9 Å². The molecule has 0 unspecified atom stereocenters. The molecule has 7 nitrogen and oxygen atoms in total. The number of nitrogens with zero attached hydrogens (tertiary/aromatic N) is 1. The Morgan fingerprint density at radius 1 is 1.24 bits per heavy atom. The van der Waals surface area contributed by atoms with Crippen LogP contribution in [-0.4, -0.2) is 41.7 Å². The van der Waals surface area contributed by atoms with Gasteiger partial charge in [0.2, 0.25) is 5.91 Å². The number of fused-ring (bicyclic) bond motifs is 1. The number of rotatable bonds is 4. The molecular weight excluding hydrogens is 439 g/mol. The molecule has 3 rings (SSSR count). The molecule has 2 heterocycles. The van der Waals surface area contributed by atoms with E-state index in [0.29, 0.717) is 15.6 Å². The first-order valence-corrected chi connectivity index (χ1v) is 10.3. The second kappa shape index (κ2) is 8.30. The summed E-state index contributed by atoms with van der Waals surface area (Å²) in [6.45, 7) is 3.46. The molecular formula is C19H18Cl2N2O5S. The van der Waals surface area contributed by atoms with E-state index in [1.807, 2.05) is 0 Å². The van der Waals surface area contributed by atoms with Crippen LogP contribution in [0, 0.1) is 0 Å². The number of carbonyl (C=O) groups is 3. The number of methoxy groups -OCH3 is 1. The molecule has 1 aromatic rings. The minimum absolute atomic E-state index is 0.0634. The van der Waals surface area contributed by atoms with Gasteiger partial charge in [0, 0.05) is 10.0 Å². The molecule has 0 radical (unpaired) electrons. The van der Waals surface area contributed by atoms with Gasteiger partial charge in [-0.2, -0.15) is 0 Å². The number of esters is 2. The second-order valence-electron chi connectivity index (χ2n) is 6.26.